The van der Waals surface area contributed by atoms with E-state index in [2.05, 4.69) is 16.8 Å². The molecule has 3 aliphatic heterocycles. The molecule has 0 radical (unpaired) electrons. The Hall–Kier alpha value is -3.72. The lowest BCUT2D eigenvalue weighted by molar-refractivity contribution is -0.153. The van der Waals surface area contributed by atoms with Gasteiger partial charge in [0.25, 0.3) is 5.56 Å². The number of urea groups is 1. The van der Waals surface area contributed by atoms with Crippen molar-refractivity contribution in [2.45, 2.75) is 32.2 Å². The van der Waals surface area contributed by atoms with Crippen molar-refractivity contribution in [1.29, 1.82) is 0 Å². The van der Waals surface area contributed by atoms with Crippen molar-refractivity contribution in [1.82, 2.24) is 19.7 Å². The summed E-state index contributed by atoms with van der Waals surface area (Å²) in [5, 5.41) is 2.43. The van der Waals surface area contributed by atoms with E-state index in [0.29, 0.717) is 32.0 Å². The SMILES string of the molecule is C=CCN1C(=O)NC(=O)[C@](Cc2ccc(OCC)cc2)(CN2C[C@@H]3C[C@H](C2)c2cccc(=O)n2C3)C1=O. The minimum absolute atomic E-state index is 0.00744. The zero-order valence-corrected chi connectivity index (χ0v) is 21.0. The predicted molar refractivity (Wildman–Crippen MR) is 137 cm³/mol. The highest BCUT2D eigenvalue weighted by atomic mass is 16.5. The van der Waals surface area contributed by atoms with E-state index in [1.807, 2.05) is 41.8 Å². The summed E-state index contributed by atoms with van der Waals surface area (Å²) < 4.78 is 7.40. The third-order valence-corrected chi connectivity index (χ3v) is 7.66. The minimum Gasteiger partial charge on any atom is -0.494 e. The lowest BCUT2D eigenvalue weighted by Gasteiger charge is -2.47. The van der Waals surface area contributed by atoms with Gasteiger partial charge in [-0.2, -0.15) is 0 Å². The van der Waals surface area contributed by atoms with Crippen LogP contribution in [0.15, 0.2) is 59.9 Å². The minimum atomic E-state index is -1.48. The van der Waals surface area contributed by atoms with Gasteiger partial charge in [0.05, 0.1) is 6.61 Å². The van der Waals surface area contributed by atoms with Crippen LogP contribution in [0.25, 0.3) is 0 Å². The monoisotopic (exact) mass is 504 g/mol. The topological polar surface area (TPSA) is 101 Å². The Morgan fingerprint density at radius 1 is 1.08 bits per heavy atom. The molecule has 2 bridgehead atoms. The number of ether oxygens (including phenoxy) is 1. The molecule has 1 aromatic heterocycles. The zero-order chi connectivity index (χ0) is 26.2. The molecule has 194 valence electrons. The van der Waals surface area contributed by atoms with Crippen LogP contribution in [0.1, 0.15) is 30.5 Å². The van der Waals surface area contributed by atoms with Crippen LogP contribution >= 0.6 is 0 Å². The van der Waals surface area contributed by atoms with Gasteiger partial charge in [-0.15, -0.1) is 6.58 Å². The summed E-state index contributed by atoms with van der Waals surface area (Å²) in [6.07, 6.45) is 2.59. The number of hydrogen-bond acceptors (Lipinski definition) is 6. The Balaban J connectivity index is 1.47. The first-order valence-corrected chi connectivity index (χ1v) is 12.8. The number of likely N-dealkylation sites (tertiary alicyclic amines) is 1. The highest BCUT2D eigenvalue weighted by Crippen LogP contribution is 2.38. The summed E-state index contributed by atoms with van der Waals surface area (Å²) in [6, 6.07) is 12.0. The van der Waals surface area contributed by atoms with Gasteiger partial charge < -0.3 is 14.2 Å². The molecular formula is C28H32N4O5. The third kappa shape index (κ3) is 4.59. The molecule has 0 aliphatic carbocycles. The number of pyridine rings is 1. The molecule has 1 N–H and O–H groups in total. The maximum Gasteiger partial charge on any atom is 0.331 e. The molecule has 2 saturated heterocycles. The second-order valence-corrected chi connectivity index (χ2v) is 10.2. The number of barbiturate groups is 1. The normalized spacial score (nSPS) is 25.4. The van der Waals surface area contributed by atoms with Crippen LogP contribution in [0.4, 0.5) is 4.79 Å². The molecule has 9 heteroatoms. The lowest BCUT2D eigenvalue weighted by Crippen LogP contribution is -2.68. The largest absolute Gasteiger partial charge is 0.494 e. The highest BCUT2D eigenvalue weighted by molar-refractivity contribution is 6.19. The lowest BCUT2D eigenvalue weighted by atomic mass is 9.75. The molecule has 37 heavy (non-hydrogen) atoms. The molecule has 9 nitrogen and oxygen atoms in total. The molecule has 1 aromatic carbocycles. The summed E-state index contributed by atoms with van der Waals surface area (Å²) in [5.41, 5.74) is 0.324. The van der Waals surface area contributed by atoms with E-state index >= 15 is 0 Å². The molecule has 3 aliphatic rings. The number of carbonyl (C=O) groups excluding carboxylic acids is 3. The summed E-state index contributed by atoms with van der Waals surface area (Å²) in [5.74, 6) is -0.00878. The molecule has 5 rings (SSSR count). The van der Waals surface area contributed by atoms with Crippen LogP contribution in [0.5, 0.6) is 5.75 Å². The van der Waals surface area contributed by atoms with E-state index < -0.39 is 23.3 Å². The summed E-state index contributed by atoms with van der Waals surface area (Å²) in [6.45, 7) is 8.22. The van der Waals surface area contributed by atoms with Crippen molar-refractivity contribution in [3.63, 3.8) is 0 Å². The van der Waals surface area contributed by atoms with Crippen LogP contribution in [0.2, 0.25) is 0 Å². The molecule has 2 aromatic rings. The van der Waals surface area contributed by atoms with Crippen molar-refractivity contribution < 1.29 is 19.1 Å². The van der Waals surface area contributed by atoms with E-state index in [1.54, 1.807) is 12.1 Å². The number of fused-ring (bicyclic) bond motifs is 4. The predicted octanol–water partition coefficient (Wildman–Crippen LogP) is 2.16. The van der Waals surface area contributed by atoms with Gasteiger partial charge in [0.15, 0.2) is 0 Å². The smallest absolute Gasteiger partial charge is 0.331 e. The molecule has 4 heterocycles. The maximum atomic E-state index is 13.9. The van der Waals surface area contributed by atoms with Crippen molar-refractivity contribution in [3.05, 3.63) is 76.7 Å². The average Bonchev–Trinajstić information content (AvgIpc) is 2.87. The Kier molecular flexibility index (Phi) is 6.72. The van der Waals surface area contributed by atoms with E-state index in [9.17, 15) is 19.2 Å². The summed E-state index contributed by atoms with van der Waals surface area (Å²) in [7, 11) is 0. The number of imide groups is 2. The Morgan fingerprint density at radius 3 is 2.59 bits per heavy atom. The fourth-order valence-corrected chi connectivity index (χ4v) is 6.10. The van der Waals surface area contributed by atoms with Gasteiger partial charge in [-0.3, -0.25) is 24.6 Å². The van der Waals surface area contributed by atoms with E-state index in [-0.39, 0.29) is 36.9 Å². The number of amides is 4. The number of aromatic nitrogens is 1. The van der Waals surface area contributed by atoms with Crippen molar-refractivity contribution >= 4 is 17.8 Å². The van der Waals surface area contributed by atoms with Gasteiger partial charge in [0.2, 0.25) is 11.8 Å². The fourth-order valence-electron chi connectivity index (χ4n) is 6.10. The summed E-state index contributed by atoms with van der Waals surface area (Å²) >= 11 is 0. The van der Waals surface area contributed by atoms with Crippen LogP contribution in [-0.2, 0) is 22.6 Å². The molecule has 3 atom stereocenters. The maximum absolute atomic E-state index is 13.9. The van der Waals surface area contributed by atoms with Crippen LogP contribution in [-0.4, -0.2) is 65.0 Å². The summed E-state index contributed by atoms with van der Waals surface area (Å²) in [4.78, 5) is 55.6. The second kappa shape index (κ2) is 9.97. The van der Waals surface area contributed by atoms with Crippen molar-refractivity contribution in [2.75, 3.05) is 32.8 Å². The number of piperidine rings is 1. The molecule has 0 unspecified atom stereocenters. The van der Waals surface area contributed by atoms with Crippen molar-refractivity contribution in [2.24, 2.45) is 11.3 Å². The van der Waals surface area contributed by atoms with Gasteiger partial charge in [0.1, 0.15) is 11.2 Å². The standard InChI is InChI=1S/C28H32N4O5/c1-3-12-31-26(35)28(25(34)29-27(31)36,14-19-8-10-22(11-9-19)37-4-2)18-30-15-20-13-21(17-30)23-6-5-7-24(33)32(23)16-20/h3,5-11,20-21H,1,4,12-18H2,2H3,(H,29,34,36)/t20-,21+,28-/m0/s1. The first kappa shape index (κ1) is 25.0. The first-order valence-electron chi connectivity index (χ1n) is 12.8. The van der Waals surface area contributed by atoms with Gasteiger partial charge in [-0.1, -0.05) is 24.3 Å². The Morgan fingerprint density at radius 2 is 1.86 bits per heavy atom. The van der Waals surface area contributed by atoms with Gasteiger partial charge >= 0.3 is 6.03 Å². The number of rotatable bonds is 8. The first-order chi connectivity index (χ1) is 17.8. The number of benzene rings is 1. The third-order valence-electron chi connectivity index (χ3n) is 7.66. The van der Waals surface area contributed by atoms with E-state index in [0.717, 1.165) is 22.6 Å². The Labute approximate surface area is 215 Å². The van der Waals surface area contributed by atoms with Gasteiger partial charge in [-0.25, -0.2) is 4.79 Å². The van der Waals surface area contributed by atoms with Crippen LogP contribution in [0.3, 0.4) is 0 Å². The zero-order valence-electron chi connectivity index (χ0n) is 21.0. The van der Waals surface area contributed by atoms with Gasteiger partial charge in [-0.05, 0) is 49.4 Å². The molecule has 0 saturated carbocycles. The average molecular weight is 505 g/mol. The van der Waals surface area contributed by atoms with E-state index in [4.69, 9.17) is 4.74 Å². The Bertz CT molecular complexity index is 1290. The fraction of sp³-hybridized carbons (Fsp3) is 0.429. The number of hydrogen-bond donors (Lipinski definition) is 1. The molecule has 2 fully saturated rings. The molecule has 4 amide bonds. The second-order valence-electron chi connectivity index (χ2n) is 10.2. The highest BCUT2D eigenvalue weighted by Gasteiger charge is 2.55. The number of nitrogens with one attached hydrogen (secondary N) is 1. The quantitative estimate of drug-likeness (QED) is 0.437. The van der Waals surface area contributed by atoms with Crippen LogP contribution < -0.4 is 15.6 Å². The van der Waals surface area contributed by atoms with Crippen LogP contribution in [0, 0.1) is 11.3 Å². The number of nitrogens with zero attached hydrogens (tertiary/aromatic N) is 3. The number of carbonyl (C=O) groups is 3. The molecular weight excluding hydrogens is 472 g/mol. The van der Waals surface area contributed by atoms with Gasteiger partial charge in [0, 0.05) is 50.4 Å². The molecule has 0 spiro atoms. The van der Waals surface area contributed by atoms with Crippen molar-refractivity contribution in [3.8, 4) is 5.75 Å². The van der Waals surface area contributed by atoms with E-state index in [1.165, 1.54) is 6.08 Å².